The summed E-state index contributed by atoms with van der Waals surface area (Å²) in [5.41, 5.74) is 13.4. The summed E-state index contributed by atoms with van der Waals surface area (Å²) in [6.07, 6.45) is 3.87. The zero-order chi connectivity index (χ0) is 19.1. The van der Waals surface area contributed by atoms with Crippen LogP contribution in [0.15, 0.2) is 60.7 Å². The second-order valence-electron chi connectivity index (χ2n) is 7.39. The summed E-state index contributed by atoms with van der Waals surface area (Å²) >= 11 is 0. The summed E-state index contributed by atoms with van der Waals surface area (Å²) in [5, 5.41) is 0. The molecule has 27 heavy (non-hydrogen) atoms. The molecule has 1 saturated heterocycles. The highest BCUT2D eigenvalue weighted by atomic mass is 16.5. The van der Waals surface area contributed by atoms with E-state index in [9.17, 15) is 4.79 Å². The molecule has 1 aliphatic rings. The van der Waals surface area contributed by atoms with Gasteiger partial charge in [0.15, 0.2) is 5.78 Å². The first-order valence-corrected chi connectivity index (χ1v) is 9.92. The second kappa shape index (κ2) is 9.27. The van der Waals surface area contributed by atoms with E-state index in [1.807, 2.05) is 36.4 Å². The Morgan fingerprint density at radius 3 is 2.19 bits per heavy atom. The predicted molar refractivity (Wildman–Crippen MR) is 108 cm³/mol. The Kier molecular flexibility index (Phi) is 6.78. The van der Waals surface area contributed by atoms with Gasteiger partial charge in [-0.15, -0.1) is 0 Å². The minimum absolute atomic E-state index is 0.0907. The molecule has 2 atom stereocenters. The lowest BCUT2D eigenvalue weighted by Gasteiger charge is -2.42. The molecule has 2 aromatic carbocycles. The predicted octanol–water partition coefficient (Wildman–Crippen LogP) is 3.38. The van der Waals surface area contributed by atoms with Gasteiger partial charge in [-0.1, -0.05) is 67.1 Å². The molecule has 1 fully saturated rings. The summed E-state index contributed by atoms with van der Waals surface area (Å²) in [7, 11) is 0. The molecule has 144 valence electrons. The quantitative estimate of drug-likeness (QED) is 0.702. The summed E-state index contributed by atoms with van der Waals surface area (Å²) in [6.45, 7) is 1.19. The van der Waals surface area contributed by atoms with E-state index in [1.54, 1.807) is 0 Å². The molecular weight excluding hydrogens is 336 g/mol. The van der Waals surface area contributed by atoms with Crippen LogP contribution in [0.5, 0.6) is 0 Å². The van der Waals surface area contributed by atoms with Gasteiger partial charge in [-0.25, -0.2) is 0 Å². The first-order chi connectivity index (χ1) is 13.2. The van der Waals surface area contributed by atoms with Crippen LogP contribution in [0.3, 0.4) is 0 Å². The second-order valence-corrected chi connectivity index (χ2v) is 7.39. The number of rotatable bonds is 8. The van der Waals surface area contributed by atoms with Crippen molar-refractivity contribution in [1.82, 2.24) is 0 Å². The van der Waals surface area contributed by atoms with Gasteiger partial charge in [0.25, 0.3) is 0 Å². The minimum atomic E-state index is -0.599. The summed E-state index contributed by atoms with van der Waals surface area (Å²) in [4.78, 5) is 13.0. The highest BCUT2D eigenvalue weighted by Crippen LogP contribution is 2.43. The molecule has 4 nitrogen and oxygen atoms in total. The van der Waals surface area contributed by atoms with Crippen molar-refractivity contribution >= 4 is 5.78 Å². The SMILES string of the molecule is NCCCC[C@H](N)C(=O)C1CCOC(c2ccccc2)(c2ccccc2)C1. The molecule has 4 N–H and O–H groups in total. The van der Waals surface area contributed by atoms with Gasteiger partial charge in [0.2, 0.25) is 0 Å². The average molecular weight is 367 g/mol. The van der Waals surface area contributed by atoms with E-state index in [1.165, 1.54) is 0 Å². The highest BCUT2D eigenvalue weighted by molar-refractivity contribution is 5.86. The van der Waals surface area contributed by atoms with Crippen LogP contribution in [0.4, 0.5) is 0 Å². The maximum atomic E-state index is 13.0. The van der Waals surface area contributed by atoms with Crippen molar-refractivity contribution in [1.29, 1.82) is 0 Å². The lowest BCUT2D eigenvalue weighted by Crippen LogP contribution is -2.45. The largest absolute Gasteiger partial charge is 0.365 e. The van der Waals surface area contributed by atoms with Gasteiger partial charge in [0.1, 0.15) is 5.60 Å². The third-order valence-electron chi connectivity index (χ3n) is 5.57. The summed E-state index contributed by atoms with van der Waals surface area (Å²) in [5.74, 6) is 0.0681. The van der Waals surface area contributed by atoms with E-state index in [0.717, 1.165) is 30.4 Å². The smallest absolute Gasteiger partial charge is 0.152 e. The number of benzene rings is 2. The number of ether oxygens (including phenoxy) is 1. The van der Waals surface area contributed by atoms with Gasteiger partial charge in [-0.3, -0.25) is 4.79 Å². The van der Waals surface area contributed by atoms with Crippen LogP contribution in [0, 0.1) is 5.92 Å². The van der Waals surface area contributed by atoms with E-state index < -0.39 is 11.6 Å². The number of carbonyl (C=O) groups is 1. The molecular formula is C23H30N2O2. The van der Waals surface area contributed by atoms with Crippen LogP contribution in [-0.2, 0) is 15.1 Å². The Morgan fingerprint density at radius 2 is 1.63 bits per heavy atom. The summed E-state index contributed by atoms with van der Waals surface area (Å²) < 4.78 is 6.39. The van der Waals surface area contributed by atoms with Crippen LogP contribution in [0.25, 0.3) is 0 Å². The molecule has 0 aromatic heterocycles. The summed E-state index contributed by atoms with van der Waals surface area (Å²) in [6, 6.07) is 20.0. The molecule has 0 radical (unpaired) electrons. The van der Waals surface area contributed by atoms with Crippen LogP contribution in [0.1, 0.15) is 43.2 Å². The number of carbonyl (C=O) groups excluding carboxylic acids is 1. The first-order valence-electron chi connectivity index (χ1n) is 9.92. The highest BCUT2D eigenvalue weighted by Gasteiger charge is 2.43. The fourth-order valence-corrected chi connectivity index (χ4v) is 4.06. The topological polar surface area (TPSA) is 78.3 Å². The maximum absolute atomic E-state index is 13.0. The van der Waals surface area contributed by atoms with Gasteiger partial charge >= 0.3 is 0 Å². The molecule has 0 saturated carbocycles. The fourth-order valence-electron chi connectivity index (χ4n) is 4.06. The lowest BCUT2D eigenvalue weighted by molar-refractivity contribution is -0.134. The number of ketones is 1. The number of unbranched alkanes of at least 4 members (excludes halogenated alkanes) is 1. The standard InChI is InChI=1S/C23H30N2O2/c24-15-8-7-13-21(25)22(26)18-14-16-27-23(17-18,19-9-3-1-4-10-19)20-11-5-2-6-12-20/h1-6,9-12,18,21H,7-8,13-17,24-25H2/t18?,21-/m0/s1. The Bertz CT molecular complexity index is 678. The fraction of sp³-hybridized carbons (Fsp3) is 0.435. The van der Waals surface area contributed by atoms with Crippen molar-refractivity contribution < 1.29 is 9.53 Å². The number of Topliss-reactive ketones (excluding diaryl/α,β-unsaturated/α-hetero) is 1. The van der Waals surface area contributed by atoms with Crippen molar-refractivity contribution in [2.75, 3.05) is 13.2 Å². The van der Waals surface area contributed by atoms with Crippen LogP contribution in [0.2, 0.25) is 0 Å². The minimum Gasteiger partial charge on any atom is -0.365 e. The van der Waals surface area contributed by atoms with Crippen molar-refractivity contribution in [3.63, 3.8) is 0 Å². The van der Waals surface area contributed by atoms with Crippen molar-refractivity contribution in [2.45, 2.75) is 43.7 Å². The number of nitrogens with two attached hydrogens (primary N) is 2. The monoisotopic (exact) mass is 366 g/mol. The number of hydrogen-bond donors (Lipinski definition) is 2. The molecule has 0 amide bonds. The molecule has 3 rings (SSSR count). The van der Waals surface area contributed by atoms with E-state index in [-0.39, 0.29) is 11.7 Å². The zero-order valence-electron chi connectivity index (χ0n) is 15.8. The maximum Gasteiger partial charge on any atom is 0.152 e. The van der Waals surface area contributed by atoms with E-state index in [0.29, 0.717) is 26.0 Å². The van der Waals surface area contributed by atoms with E-state index >= 15 is 0 Å². The molecule has 1 unspecified atom stereocenters. The first kappa shape index (κ1) is 19.7. The van der Waals surface area contributed by atoms with E-state index in [2.05, 4.69) is 24.3 Å². The molecule has 1 aliphatic heterocycles. The van der Waals surface area contributed by atoms with Gasteiger partial charge in [0.05, 0.1) is 6.04 Å². The molecule has 0 aliphatic carbocycles. The molecule has 2 aromatic rings. The normalized spacial score (nSPS) is 20.1. The molecule has 4 heteroatoms. The van der Waals surface area contributed by atoms with Crippen molar-refractivity contribution in [3.8, 4) is 0 Å². The van der Waals surface area contributed by atoms with Crippen molar-refractivity contribution in [2.24, 2.45) is 17.4 Å². The van der Waals surface area contributed by atoms with Gasteiger partial charge in [0, 0.05) is 12.5 Å². The molecule has 0 bridgehead atoms. The Balaban J connectivity index is 1.86. The van der Waals surface area contributed by atoms with Crippen molar-refractivity contribution in [3.05, 3.63) is 71.8 Å². The van der Waals surface area contributed by atoms with Crippen LogP contribution >= 0.6 is 0 Å². The Hall–Kier alpha value is -2.01. The number of hydrogen-bond acceptors (Lipinski definition) is 4. The van der Waals surface area contributed by atoms with E-state index in [4.69, 9.17) is 16.2 Å². The molecule has 1 heterocycles. The third kappa shape index (κ3) is 4.46. The van der Waals surface area contributed by atoms with Crippen LogP contribution < -0.4 is 11.5 Å². The van der Waals surface area contributed by atoms with Crippen LogP contribution in [-0.4, -0.2) is 25.0 Å². The van der Waals surface area contributed by atoms with Gasteiger partial charge in [-0.2, -0.15) is 0 Å². The Labute approximate surface area is 161 Å². The third-order valence-corrected chi connectivity index (χ3v) is 5.57. The molecule has 0 spiro atoms. The Morgan fingerprint density at radius 1 is 1.04 bits per heavy atom. The zero-order valence-corrected chi connectivity index (χ0v) is 15.8. The van der Waals surface area contributed by atoms with Gasteiger partial charge < -0.3 is 16.2 Å². The van der Waals surface area contributed by atoms with Gasteiger partial charge in [-0.05, 0) is 43.4 Å². The average Bonchev–Trinajstić information content (AvgIpc) is 2.74. The lowest BCUT2D eigenvalue weighted by atomic mass is 9.74.